The maximum absolute atomic E-state index is 11.5. The first kappa shape index (κ1) is 14.8. The fraction of sp³-hybridized carbons (Fsp3) is 0.923. The van der Waals surface area contributed by atoms with Gasteiger partial charge in [0.15, 0.2) is 0 Å². The number of rotatable bonds is 7. The lowest BCUT2D eigenvalue weighted by atomic mass is 10.1. The Morgan fingerprint density at radius 3 is 2.76 bits per heavy atom. The van der Waals surface area contributed by atoms with Gasteiger partial charge in [-0.1, -0.05) is 20.8 Å². The molecular weight excluding hydrogens is 232 g/mol. The van der Waals surface area contributed by atoms with Crippen LogP contribution in [0.25, 0.3) is 0 Å². The van der Waals surface area contributed by atoms with Crippen molar-refractivity contribution >= 4 is 17.7 Å². The van der Waals surface area contributed by atoms with Crippen LogP contribution in [0.2, 0.25) is 0 Å². The highest BCUT2D eigenvalue weighted by Gasteiger charge is 2.32. The maximum atomic E-state index is 11.5. The second-order valence-electron chi connectivity index (χ2n) is 4.80. The molecule has 0 aromatic heterocycles. The Labute approximate surface area is 109 Å². The maximum Gasteiger partial charge on any atom is 0.230 e. The Morgan fingerprint density at radius 2 is 2.12 bits per heavy atom. The largest absolute Gasteiger partial charge is 0.355 e. The number of carbonyl (C=O) groups excluding carboxylic acids is 1. The van der Waals surface area contributed by atoms with Crippen molar-refractivity contribution < 1.29 is 4.79 Å². The van der Waals surface area contributed by atoms with Gasteiger partial charge in [-0.15, -0.1) is 11.8 Å². The molecule has 1 saturated carbocycles. The fourth-order valence-electron chi connectivity index (χ4n) is 2.41. The van der Waals surface area contributed by atoms with Crippen molar-refractivity contribution in [1.29, 1.82) is 0 Å². The molecule has 0 heterocycles. The lowest BCUT2D eigenvalue weighted by Crippen LogP contribution is -2.33. The Hall–Kier alpha value is -0.220. The van der Waals surface area contributed by atoms with Crippen LogP contribution in [0, 0.1) is 5.92 Å². The van der Waals surface area contributed by atoms with Gasteiger partial charge < -0.3 is 10.6 Å². The molecule has 0 saturated heterocycles. The zero-order chi connectivity index (χ0) is 12.7. The quantitative estimate of drug-likeness (QED) is 0.734. The normalized spacial score (nSPS) is 28.3. The van der Waals surface area contributed by atoms with E-state index < -0.39 is 0 Å². The summed E-state index contributed by atoms with van der Waals surface area (Å²) in [5.41, 5.74) is 0. The summed E-state index contributed by atoms with van der Waals surface area (Å²) in [6.45, 7) is 8.39. The van der Waals surface area contributed by atoms with E-state index in [0.717, 1.165) is 19.5 Å². The van der Waals surface area contributed by atoms with Crippen molar-refractivity contribution in [3.8, 4) is 0 Å². The van der Waals surface area contributed by atoms with Crippen molar-refractivity contribution in [3.05, 3.63) is 0 Å². The molecule has 17 heavy (non-hydrogen) atoms. The van der Waals surface area contributed by atoms with Crippen molar-refractivity contribution in [2.24, 2.45) is 5.92 Å². The van der Waals surface area contributed by atoms with E-state index in [-0.39, 0.29) is 5.91 Å². The lowest BCUT2D eigenvalue weighted by Gasteiger charge is -2.20. The molecule has 0 aromatic rings. The summed E-state index contributed by atoms with van der Waals surface area (Å²) in [4.78, 5) is 11.5. The molecule has 3 unspecified atom stereocenters. The molecule has 1 fully saturated rings. The van der Waals surface area contributed by atoms with Crippen LogP contribution >= 0.6 is 11.8 Å². The van der Waals surface area contributed by atoms with E-state index in [1.807, 2.05) is 11.8 Å². The first-order valence-corrected chi connectivity index (χ1v) is 7.85. The van der Waals surface area contributed by atoms with Crippen LogP contribution < -0.4 is 10.6 Å². The third-order valence-electron chi connectivity index (χ3n) is 3.45. The Balaban J connectivity index is 2.22. The van der Waals surface area contributed by atoms with E-state index in [9.17, 15) is 4.79 Å². The molecule has 0 spiro atoms. The van der Waals surface area contributed by atoms with Crippen LogP contribution in [0.1, 0.15) is 40.0 Å². The van der Waals surface area contributed by atoms with Crippen molar-refractivity contribution in [1.82, 2.24) is 10.6 Å². The van der Waals surface area contributed by atoms with Gasteiger partial charge >= 0.3 is 0 Å². The first-order chi connectivity index (χ1) is 8.19. The van der Waals surface area contributed by atoms with E-state index in [4.69, 9.17) is 0 Å². The summed E-state index contributed by atoms with van der Waals surface area (Å²) in [5, 5.41) is 7.11. The van der Waals surface area contributed by atoms with Gasteiger partial charge in [0.2, 0.25) is 5.91 Å². The van der Waals surface area contributed by atoms with Crippen molar-refractivity contribution in [2.75, 3.05) is 18.8 Å². The second-order valence-corrected chi connectivity index (χ2v) is 6.03. The minimum Gasteiger partial charge on any atom is -0.355 e. The third-order valence-corrected chi connectivity index (χ3v) is 4.97. The number of carbonyl (C=O) groups is 1. The molecule has 2 N–H and O–H groups in total. The van der Waals surface area contributed by atoms with Gasteiger partial charge in [-0.3, -0.25) is 4.79 Å². The number of thioether (sulfide) groups is 1. The van der Waals surface area contributed by atoms with Gasteiger partial charge in [-0.25, -0.2) is 0 Å². The number of nitrogens with one attached hydrogen (secondary N) is 2. The molecule has 1 aliphatic rings. The van der Waals surface area contributed by atoms with E-state index >= 15 is 0 Å². The second kappa shape index (κ2) is 7.98. The first-order valence-electron chi connectivity index (χ1n) is 6.80. The highest BCUT2D eigenvalue weighted by Crippen LogP contribution is 2.34. The molecule has 0 aromatic carbocycles. The average Bonchev–Trinajstić information content (AvgIpc) is 2.66. The summed E-state index contributed by atoms with van der Waals surface area (Å²) < 4.78 is 0. The standard InChI is InChI=1S/C13H26N2OS/c1-4-8-15-13(16)9-17-12-7-6-11(10(12)3)14-5-2/h10-12,14H,4-9H2,1-3H3,(H,15,16). The van der Waals surface area contributed by atoms with Crippen LogP contribution in [0.4, 0.5) is 0 Å². The summed E-state index contributed by atoms with van der Waals surface area (Å²) in [7, 11) is 0. The van der Waals surface area contributed by atoms with Crippen LogP contribution in [-0.2, 0) is 4.79 Å². The van der Waals surface area contributed by atoms with E-state index in [0.29, 0.717) is 23.0 Å². The van der Waals surface area contributed by atoms with Crippen LogP contribution in [-0.4, -0.2) is 36.0 Å². The molecule has 3 nitrogen and oxygen atoms in total. The Bertz CT molecular complexity index is 235. The Morgan fingerprint density at radius 1 is 1.35 bits per heavy atom. The Kier molecular flexibility index (Phi) is 6.97. The van der Waals surface area contributed by atoms with Crippen LogP contribution in [0.5, 0.6) is 0 Å². The molecule has 0 aliphatic heterocycles. The fourth-order valence-corrected chi connectivity index (χ4v) is 3.68. The van der Waals surface area contributed by atoms with Gasteiger partial charge in [-0.2, -0.15) is 0 Å². The molecule has 4 heteroatoms. The van der Waals surface area contributed by atoms with Gasteiger partial charge in [0, 0.05) is 17.8 Å². The molecule has 1 aliphatic carbocycles. The molecule has 100 valence electrons. The van der Waals surface area contributed by atoms with Gasteiger partial charge in [0.05, 0.1) is 5.75 Å². The molecule has 0 bridgehead atoms. The zero-order valence-corrected chi connectivity index (χ0v) is 12.1. The van der Waals surface area contributed by atoms with E-state index in [1.165, 1.54) is 12.8 Å². The number of hydrogen-bond donors (Lipinski definition) is 2. The summed E-state index contributed by atoms with van der Waals surface area (Å²) in [5.74, 6) is 1.49. The molecule has 1 rings (SSSR count). The highest BCUT2D eigenvalue weighted by atomic mass is 32.2. The molecule has 3 atom stereocenters. The van der Waals surface area contributed by atoms with E-state index in [1.54, 1.807) is 0 Å². The van der Waals surface area contributed by atoms with Crippen molar-refractivity contribution in [2.45, 2.75) is 51.3 Å². The average molecular weight is 258 g/mol. The third kappa shape index (κ3) is 4.88. The molecular formula is C13H26N2OS. The summed E-state index contributed by atoms with van der Waals surface area (Å²) >= 11 is 1.83. The lowest BCUT2D eigenvalue weighted by molar-refractivity contribution is -0.118. The summed E-state index contributed by atoms with van der Waals surface area (Å²) in [6, 6.07) is 0.649. The SMILES string of the molecule is CCCNC(=O)CSC1CCC(NCC)C1C. The van der Waals surface area contributed by atoms with Gasteiger partial charge in [0.25, 0.3) is 0 Å². The molecule has 1 amide bonds. The summed E-state index contributed by atoms with van der Waals surface area (Å²) in [6.07, 6.45) is 3.51. The predicted octanol–water partition coefficient (Wildman–Crippen LogP) is 2.02. The monoisotopic (exact) mass is 258 g/mol. The van der Waals surface area contributed by atoms with Crippen LogP contribution in [0.3, 0.4) is 0 Å². The van der Waals surface area contributed by atoms with E-state index in [2.05, 4.69) is 31.4 Å². The minimum atomic E-state index is 0.191. The smallest absolute Gasteiger partial charge is 0.230 e. The predicted molar refractivity (Wildman–Crippen MR) is 75.4 cm³/mol. The van der Waals surface area contributed by atoms with Gasteiger partial charge in [0.1, 0.15) is 0 Å². The zero-order valence-electron chi connectivity index (χ0n) is 11.3. The topological polar surface area (TPSA) is 41.1 Å². The molecule has 0 radical (unpaired) electrons. The number of amides is 1. The number of hydrogen-bond acceptors (Lipinski definition) is 3. The van der Waals surface area contributed by atoms with Crippen LogP contribution in [0.15, 0.2) is 0 Å². The van der Waals surface area contributed by atoms with Gasteiger partial charge in [-0.05, 0) is 31.7 Å². The van der Waals surface area contributed by atoms with Crippen molar-refractivity contribution in [3.63, 3.8) is 0 Å². The minimum absolute atomic E-state index is 0.191. The highest BCUT2D eigenvalue weighted by molar-refractivity contribution is 8.00.